The minimum Gasteiger partial charge on any atom is -0.467 e. The van der Waals surface area contributed by atoms with E-state index in [4.69, 9.17) is 14.2 Å². The maximum atomic E-state index is 13.0. The number of hydrogen-bond acceptors (Lipinski definition) is 6. The van der Waals surface area contributed by atoms with Crippen molar-refractivity contribution in [2.24, 2.45) is 0 Å². The maximum Gasteiger partial charge on any atom is 0.408 e. The van der Waals surface area contributed by atoms with Crippen molar-refractivity contribution in [1.82, 2.24) is 10.2 Å². The fourth-order valence-electron chi connectivity index (χ4n) is 2.90. The van der Waals surface area contributed by atoms with Crippen molar-refractivity contribution >= 4 is 18.0 Å². The highest BCUT2D eigenvalue weighted by molar-refractivity contribution is 5.90. The number of nitrogens with zero attached hydrogens (tertiary/aromatic N) is 1. The lowest BCUT2D eigenvalue weighted by Crippen LogP contribution is -2.62. The van der Waals surface area contributed by atoms with Gasteiger partial charge in [0.1, 0.15) is 11.6 Å². The predicted octanol–water partition coefficient (Wildman–Crippen LogP) is 0.999. The summed E-state index contributed by atoms with van der Waals surface area (Å²) >= 11 is 0. The number of nitrogens with one attached hydrogen (secondary N) is 1. The second kappa shape index (κ2) is 7.86. The molecule has 0 saturated carbocycles. The third kappa shape index (κ3) is 4.94. The lowest BCUT2D eigenvalue weighted by atomic mass is 10.0. The molecule has 2 aliphatic rings. The largest absolute Gasteiger partial charge is 0.467 e. The van der Waals surface area contributed by atoms with Gasteiger partial charge in [0.15, 0.2) is 6.04 Å². The molecule has 3 atom stereocenters. The molecule has 0 bridgehead atoms. The van der Waals surface area contributed by atoms with E-state index in [0.717, 1.165) is 0 Å². The molecular weight excluding hydrogens is 328 g/mol. The SMILES string of the molecule is COC(=O)[C@@H]1COC[C@@H]2CC=CC[C@H](NC(=O)OC(C)(C)C)C(=O)N21. The second-order valence-electron chi connectivity index (χ2n) is 7.12. The third-order valence-electron chi connectivity index (χ3n) is 3.98. The lowest BCUT2D eigenvalue weighted by molar-refractivity contribution is -0.167. The predicted molar refractivity (Wildman–Crippen MR) is 88.8 cm³/mol. The Morgan fingerprint density at radius 3 is 2.56 bits per heavy atom. The van der Waals surface area contributed by atoms with E-state index in [1.54, 1.807) is 20.8 Å². The molecule has 140 valence electrons. The smallest absolute Gasteiger partial charge is 0.408 e. The second-order valence-corrected chi connectivity index (χ2v) is 7.12. The van der Waals surface area contributed by atoms with Crippen molar-refractivity contribution in [3.05, 3.63) is 12.2 Å². The summed E-state index contributed by atoms with van der Waals surface area (Å²) in [5.41, 5.74) is -0.666. The van der Waals surface area contributed by atoms with Crippen LogP contribution in [0.4, 0.5) is 4.79 Å². The molecule has 0 aromatic heterocycles. The molecule has 8 nitrogen and oxygen atoms in total. The van der Waals surface area contributed by atoms with Crippen molar-refractivity contribution in [3.8, 4) is 0 Å². The Morgan fingerprint density at radius 1 is 1.24 bits per heavy atom. The van der Waals surface area contributed by atoms with Crippen LogP contribution in [0.2, 0.25) is 0 Å². The van der Waals surface area contributed by atoms with Gasteiger partial charge in [0.25, 0.3) is 0 Å². The van der Waals surface area contributed by atoms with Crippen molar-refractivity contribution in [1.29, 1.82) is 0 Å². The fourth-order valence-corrected chi connectivity index (χ4v) is 2.90. The number of amides is 2. The summed E-state index contributed by atoms with van der Waals surface area (Å²) in [6.07, 6.45) is 4.02. The third-order valence-corrected chi connectivity index (χ3v) is 3.98. The number of rotatable bonds is 2. The summed E-state index contributed by atoms with van der Waals surface area (Å²) < 4.78 is 15.5. The Kier molecular flexibility index (Phi) is 6.05. The van der Waals surface area contributed by atoms with Crippen molar-refractivity contribution < 1.29 is 28.6 Å². The minimum absolute atomic E-state index is 0.0811. The van der Waals surface area contributed by atoms with Crippen LogP contribution in [0, 0.1) is 0 Å². The molecule has 2 rings (SSSR count). The Morgan fingerprint density at radius 2 is 1.92 bits per heavy atom. The van der Waals surface area contributed by atoms with E-state index in [2.05, 4.69) is 5.32 Å². The van der Waals surface area contributed by atoms with Crippen LogP contribution in [-0.2, 0) is 23.8 Å². The summed E-state index contributed by atoms with van der Waals surface area (Å²) in [6, 6.07) is -1.89. The molecule has 2 aliphatic heterocycles. The molecular formula is C17H26N2O6. The summed E-state index contributed by atoms with van der Waals surface area (Å²) in [5.74, 6) is -0.863. The van der Waals surface area contributed by atoms with E-state index in [0.29, 0.717) is 19.4 Å². The van der Waals surface area contributed by atoms with Crippen molar-refractivity contribution in [2.45, 2.75) is 57.3 Å². The fraction of sp³-hybridized carbons (Fsp3) is 0.706. The molecule has 2 amide bonds. The standard InChI is InChI=1S/C17H26N2O6/c1-17(2,3)25-16(22)18-12-8-6-5-7-11-9-24-10-13(15(21)23-4)19(11)14(12)20/h5-6,11-13H,7-10H2,1-4H3,(H,18,22)/t11-,12-,13-/m0/s1. The molecule has 2 heterocycles. The van der Waals surface area contributed by atoms with E-state index in [1.165, 1.54) is 12.0 Å². The summed E-state index contributed by atoms with van der Waals surface area (Å²) in [5, 5.41) is 2.61. The Labute approximate surface area is 147 Å². The molecule has 25 heavy (non-hydrogen) atoms. The molecule has 8 heteroatoms. The van der Waals surface area contributed by atoms with Gasteiger partial charge >= 0.3 is 12.1 Å². The van der Waals surface area contributed by atoms with Gasteiger partial charge in [-0.1, -0.05) is 12.2 Å². The topological polar surface area (TPSA) is 94.2 Å². The molecule has 0 spiro atoms. The zero-order valence-corrected chi connectivity index (χ0v) is 15.1. The first-order valence-corrected chi connectivity index (χ1v) is 8.35. The van der Waals surface area contributed by atoms with E-state index in [-0.39, 0.29) is 18.6 Å². The van der Waals surface area contributed by atoms with Crippen LogP contribution in [0.5, 0.6) is 0 Å². The number of carbonyl (C=O) groups excluding carboxylic acids is 3. The van der Waals surface area contributed by atoms with E-state index in [9.17, 15) is 14.4 Å². The van der Waals surface area contributed by atoms with Gasteiger partial charge in [-0.25, -0.2) is 9.59 Å². The number of esters is 1. The van der Waals surface area contributed by atoms with Gasteiger partial charge in [-0.15, -0.1) is 0 Å². The highest BCUT2D eigenvalue weighted by Gasteiger charge is 2.42. The number of fused-ring (bicyclic) bond motifs is 1. The maximum absolute atomic E-state index is 13.0. The van der Waals surface area contributed by atoms with E-state index in [1.807, 2.05) is 12.2 Å². The van der Waals surface area contributed by atoms with Gasteiger partial charge in [0, 0.05) is 0 Å². The Balaban J connectivity index is 2.20. The molecule has 1 fully saturated rings. The van der Waals surface area contributed by atoms with Crippen LogP contribution >= 0.6 is 0 Å². The van der Waals surface area contributed by atoms with Gasteiger partial charge in [-0.2, -0.15) is 0 Å². The number of ether oxygens (including phenoxy) is 3. The number of methoxy groups -OCH3 is 1. The summed E-state index contributed by atoms with van der Waals surface area (Å²) in [6.45, 7) is 5.66. The monoisotopic (exact) mass is 354 g/mol. The first-order valence-electron chi connectivity index (χ1n) is 8.35. The first kappa shape index (κ1) is 19.2. The van der Waals surface area contributed by atoms with Gasteiger partial charge in [0.2, 0.25) is 5.91 Å². The quantitative estimate of drug-likeness (QED) is 0.587. The van der Waals surface area contributed by atoms with Crippen LogP contribution in [0.15, 0.2) is 12.2 Å². The molecule has 0 unspecified atom stereocenters. The molecule has 0 aromatic rings. The zero-order valence-electron chi connectivity index (χ0n) is 15.1. The highest BCUT2D eigenvalue weighted by atomic mass is 16.6. The number of morpholine rings is 1. The number of hydrogen-bond donors (Lipinski definition) is 1. The average Bonchev–Trinajstić information content (AvgIpc) is 2.52. The van der Waals surface area contributed by atoms with Crippen LogP contribution in [-0.4, -0.2) is 66.9 Å². The van der Waals surface area contributed by atoms with E-state index >= 15 is 0 Å². The van der Waals surface area contributed by atoms with Crippen LogP contribution in [0.3, 0.4) is 0 Å². The average molecular weight is 354 g/mol. The summed E-state index contributed by atoms with van der Waals surface area (Å²) in [7, 11) is 1.27. The number of carbonyl (C=O) groups is 3. The van der Waals surface area contributed by atoms with Crippen LogP contribution in [0.25, 0.3) is 0 Å². The highest BCUT2D eigenvalue weighted by Crippen LogP contribution is 2.22. The lowest BCUT2D eigenvalue weighted by Gasteiger charge is -2.42. The molecule has 0 aliphatic carbocycles. The van der Waals surface area contributed by atoms with Gasteiger partial charge < -0.3 is 24.4 Å². The Bertz CT molecular complexity index is 554. The van der Waals surface area contributed by atoms with E-state index < -0.39 is 29.7 Å². The summed E-state index contributed by atoms with van der Waals surface area (Å²) in [4.78, 5) is 38.6. The molecule has 1 N–H and O–H groups in total. The first-order chi connectivity index (χ1) is 11.7. The van der Waals surface area contributed by atoms with Crippen LogP contribution < -0.4 is 5.32 Å². The van der Waals surface area contributed by atoms with Gasteiger partial charge in [-0.3, -0.25) is 4.79 Å². The van der Waals surface area contributed by atoms with Gasteiger partial charge in [0.05, 0.1) is 26.4 Å². The molecule has 0 aromatic carbocycles. The normalized spacial score (nSPS) is 27.0. The van der Waals surface area contributed by atoms with Crippen molar-refractivity contribution in [2.75, 3.05) is 20.3 Å². The van der Waals surface area contributed by atoms with Crippen LogP contribution in [0.1, 0.15) is 33.6 Å². The zero-order chi connectivity index (χ0) is 18.6. The Hall–Kier alpha value is -2.09. The molecule has 0 radical (unpaired) electrons. The number of alkyl carbamates (subject to hydrolysis) is 1. The molecule has 1 saturated heterocycles. The van der Waals surface area contributed by atoms with Crippen molar-refractivity contribution in [3.63, 3.8) is 0 Å². The van der Waals surface area contributed by atoms with Gasteiger partial charge in [-0.05, 0) is 33.6 Å². The minimum atomic E-state index is -0.814.